The minimum atomic E-state index is -1.62. The molecule has 0 bridgehead atoms. The van der Waals surface area contributed by atoms with E-state index < -0.39 is 83.4 Å². The van der Waals surface area contributed by atoms with Gasteiger partial charge < -0.3 is 58.6 Å². The average molecular weight is 804 g/mol. The molecule has 1 aliphatic rings. The molecule has 57 heavy (non-hydrogen) atoms. The van der Waals surface area contributed by atoms with Crippen LogP contribution in [0.25, 0.3) is 0 Å². The van der Waals surface area contributed by atoms with Gasteiger partial charge >= 0.3 is 0 Å². The van der Waals surface area contributed by atoms with Gasteiger partial charge in [0.15, 0.2) is 5.96 Å². The lowest BCUT2D eigenvalue weighted by Crippen LogP contribution is -2.57. The highest BCUT2D eigenvalue weighted by Crippen LogP contribution is 2.20. The number of rotatable bonds is 23. The van der Waals surface area contributed by atoms with Crippen LogP contribution >= 0.6 is 0 Å². The summed E-state index contributed by atoms with van der Waals surface area (Å²) in [5.74, 6) is -5.13. The molecule has 0 aromatic carbocycles. The minimum Gasteiger partial charge on any atom is -0.370 e. The Morgan fingerprint density at radius 1 is 0.982 bits per heavy atom. The summed E-state index contributed by atoms with van der Waals surface area (Å²) >= 11 is 0. The zero-order chi connectivity index (χ0) is 42.9. The summed E-state index contributed by atoms with van der Waals surface area (Å²) < 4.78 is 0. The molecular formula is C36H61N13O8. The van der Waals surface area contributed by atoms with E-state index in [1.807, 2.05) is 13.8 Å². The highest BCUT2D eigenvalue weighted by atomic mass is 16.2. The van der Waals surface area contributed by atoms with Crippen molar-refractivity contribution in [1.82, 2.24) is 46.4 Å². The number of likely N-dealkylation sites (N-methyl/N-ethyl adjacent to an activating group) is 1. The van der Waals surface area contributed by atoms with Crippen LogP contribution in [0.15, 0.2) is 17.5 Å². The topological polar surface area (TPSA) is 322 Å². The van der Waals surface area contributed by atoms with Crippen LogP contribution in [0.1, 0.15) is 78.3 Å². The van der Waals surface area contributed by atoms with Gasteiger partial charge in [0.2, 0.25) is 47.3 Å². The van der Waals surface area contributed by atoms with Gasteiger partial charge in [0.25, 0.3) is 0 Å². The van der Waals surface area contributed by atoms with E-state index in [1.165, 1.54) is 44.1 Å². The Bertz CT molecular complexity index is 1600. The van der Waals surface area contributed by atoms with E-state index in [1.54, 1.807) is 6.20 Å². The third-order valence-electron chi connectivity index (χ3n) is 9.63. The predicted octanol–water partition coefficient (Wildman–Crippen LogP) is -2.89. The standard InChI is InChI=1S/C36H61N13O8/c1-21(2)17-26(29(38)52)48(6)32(55)24(9-7-14-43-35(39)40-5)46-31(54)25-10-8-16-49(25)28(51)19-44-30(53)23(11-12-27(37)50)47-34(57)36(3,4)33(56)42-15-13-22-18-41-20-45-22/h18,20-21,23-26H,7-17,19H2,1-6H3,(H2,37,50)(H2,38,52)(H,41,45)(H,42,56)(H,44,53)(H,46,54)(H,47,57)(H3,39,40,43)/t23?,24?,25-,26?/m0/s1. The van der Waals surface area contributed by atoms with Crippen molar-refractivity contribution < 1.29 is 38.4 Å². The van der Waals surface area contributed by atoms with Gasteiger partial charge in [-0.2, -0.15) is 0 Å². The van der Waals surface area contributed by atoms with Gasteiger partial charge in [0.1, 0.15) is 29.6 Å². The largest absolute Gasteiger partial charge is 0.370 e. The average Bonchev–Trinajstić information content (AvgIpc) is 3.87. The normalized spacial score (nSPS) is 15.9. The molecule has 318 valence electrons. The second kappa shape index (κ2) is 22.7. The number of carbonyl (C=O) groups excluding carboxylic acids is 8. The first kappa shape index (κ1) is 47.4. The van der Waals surface area contributed by atoms with Crippen molar-refractivity contribution in [2.75, 3.05) is 40.3 Å². The Morgan fingerprint density at radius 2 is 1.68 bits per heavy atom. The number of nitrogens with two attached hydrogens (primary N) is 3. The van der Waals surface area contributed by atoms with Crippen molar-refractivity contribution in [3.63, 3.8) is 0 Å². The fourth-order valence-electron chi connectivity index (χ4n) is 6.11. The second-order valence-electron chi connectivity index (χ2n) is 14.9. The molecular weight excluding hydrogens is 742 g/mol. The maximum Gasteiger partial charge on any atom is 0.245 e. The Labute approximate surface area is 332 Å². The molecule has 0 radical (unpaired) electrons. The van der Waals surface area contributed by atoms with E-state index in [2.05, 4.69) is 41.5 Å². The molecule has 1 aromatic rings. The molecule has 0 aliphatic carbocycles. The molecule has 2 heterocycles. The number of primary amides is 2. The monoisotopic (exact) mass is 803 g/mol. The van der Waals surface area contributed by atoms with Crippen LogP contribution < -0.4 is 43.8 Å². The molecule has 4 atom stereocenters. The molecule has 1 aromatic heterocycles. The summed E-state index contributed by atoms with van der Waals surface area (Å²) in [5.41, 5.74) is 15.8. The highest BCUT2D eigenvalue weighted by Gasteiger charge is 2.40. The quantitative estimate of drug-likeness (QED) is 0.0234. The van der Waals surface area contributed by atoms with Gasteiger partial charge in [0.05, 0.1) is 12.9 Å². The zero-order valence-electron chi connectivity index (χ0n) is 33.8. The van der Waals surface area contributed by atoms with Gasteiger partial charge in [-0.1, -0.05) is 13.8 Å². The van der Waals surface area contributed by atoms with Crippen LogP contribution in [0, 0.1) is 11.3 Å². The molecule has 0 spiro atoms. The van der Waals surface area contributed by atoms with Gasteiger partial charge in [-0.05, 0) is 58.3 Å². The molecule has 3 unspecified atom stereocenters. The van der Waals surface area contributed by atoms with Gasteiger partial charge in [-0.25, -0.2) is 4.98 Å². The highest BCUT2D eigenvalue weighted by molar-refractivity contribution is 6.05. The van der Waals surface area contributed by atoms with Crippen LogP contribution in [0.2, 0.25) is 0 Å². The number of aromatic amines is 1. The number of nitrogens with zero attached hydrogens (tertiary/aromatic N) is 4. The summed E-state index contributed by atoms with van der Waals surface area (Å²) in [7, 11) is 2.96. The van der Waals surface area contributed by atoms with E-state index in [0.29, 0.717) is 32.2 Å². The molecule has 12 N–H and O–H groups in total. The molecule has 21 heteroatoms. The number of hydrogen-bond donors (Lipinski definition) is 9. The summed E-state index contributed by atoms with van der Waals surface area (Å²) in [5, 5.41) is 13.3. The zero-order valence-corrected chi connectivity index (χ0v) is 33.8. The summed E-state index contributed by atoms with van der Waals surface area (Å²) in [4.78, 5) is 118. The first-order chi connectivity index (χ1) is 26.8. The molecule has 8 amide bonds. The third kappa shape index (κ3) is 15.0. The van der Waals surface area contributed by atoms with E-state index in [-0.39, 0.29) is 50.7 Å². The van der Waals surface area contributed by atoms with E-state index in [9.17, 15) is 38.4 Å². The number of carbonyl (C=O) groups is 8. The molecule has 1 aliphatic heterocycles. The Kier molecular flexibility index (Phi) is 18.9. The Hall–Kier alpha value is -5.76. The first-order valence-electron chi connectivity index (χ1n) is 19.0. The number of likely N-dealkylation sites (tertiary alicyclic amines) is 1. The van der Waals surface area contributed by atoms with Gasteiger partial charge in [0, 0.05) is 58.5 Å². The number of imidazole rings is 1. The van der Waals surface area contributed by atoms with Crippen LogP contribution in [0.3, 0.4) is 0 Å². The summed E-state index contributed by atoms with van der Waals surface area (Å²) in [6, 6.07) is -4.29. The van der Waals surface area contributed by atoms with Gasteiger partial charge in [-0.15, -0.1) is 0 Å². The molecule has 1 fully saturated rings. The molecule has 21 nitrogen and oxygen atoms in total. The smallest absolute Gasteiger partial charge is 0.245 e. The lowest BCUT2D eigenvalue weighted by molar-refractivity contribution is -0.144. The second-order valence-corrected chi connectivity index (χ2v) is 14.9. The SMILES string of the molecule is CN=C(N)NCCCC(NC(=O)[C@@H]1CCCN1C(=O)CNC(=O)C(CCC(N)=O)NC(=O)C(C)(C)C(=O)NCCc1cnc[nH]1)C(=O)N(C)C(CC(C)C)C(N)=O. The number of aliphatic imine (C=N–C) groups is 1. The fourth-order valence-corrected chi connectivity index (χ4v) is 6.11. The maximum absolute atomic E-state index is 13.7. The third-order valence-corrected chi connectivity index (χ3v) is 9.63. The Balaban J connectivity index is 2.12. The number of guanidine groups is 1. The van der Waals surface area contributed by atoms with Crippen molar-refractivity contribution in [2.24, 2.45) is 33.5 Å². The van der Waals surface area contributed by atoms with Crippen molar-refractivity contribution in [3.8, 4) is 0 Å². The number of aromatic nitrogens is 2. The minimum absolute atomic E-state index is 0.0432. The van der Waals surface area contributed by atoms with Gasteiger partial charge in [-0.3, -0.25) is 43.3 Å². The molecule has 2 rings (SSSR count). The molecule has 0 saturated carbocycles. The number of H-pyrrole nitrogens is 1. The van der Waals surface area contributed by atoms with Crippen molar-refractivity contribution in [2.45, 2.75) is 103 Å². The summed E-state index contributed by atoms with van der Waals surface area (Å²) in [6.45, 7) is 6.71. The van der Waals surface area contributed by atoms with E-state index in [4.69, 9.17) is 17.2 Å². The lowest BCUT2D eigenvalue weighted by atomic mass is 9.90. The van der Waals surface area contributed by atoms with Crippen molar-refractivity contribution in [1.29, 1.82) is 0 Å². The fraction of sp³-hybridized carbons (Fsp3) is 0.667. The predicted molar refractivity (Wildman–Crippen MR) is 209 cm³/mol. The summed E-state index contributed by atoms with van der Waals surface area (Å²) in [6.07, 6.45) is 4.65. The maximum atomic E-state index is 13.7. The number of nitrogens with one attached hydrogen (secondary N) is 6. The number of hydrogen-bond acceptors (Lipinski definition) is 10. The van der Waals surface area contributed by atoms with Crippen molar-refractivity contribution >= 4 is 53.2 Å². The Morgan fingerprint density at radius 3 is 2.28 bits per heavy atom. The molecule has 1 saturated heterocycles. The van der Waals surface area contributed by atoms with Crippen LogP contribution in [0.5, 0.6) is 0 Å². The first-order valence-corrected chi connectivity index (χ1v) is 19.0. The number of amides is 8. The van der Waals surface area contributed by atoms with Crippen LogP contribution in [-0.2, 0) is 44.8 Å². The van der Waals surface area contributed by atoms with E-state index >= 15 is 0 Å². The van der Waals surface area contributed by atoms with Crippen LogP contribution in [-0.4, -0.2) is 137 Å². The van der Waals surface area contributed by atoms with Crippen LogP contribution in [0.4, 0.5) is 0 Å². The van der Waals surface area contributed by atoms with Crippen molar-refractivity contribution in [3.05, 3.63) is 18.2 Å². The lowest BCUT2D eigenvalue weighted by Gasteiger charge is -2.32. The van der Waals surface area contributed by atoms with E-state index in [0.717, 1.165) is 5.69 Å².